The van der Waals surface area contributed by atoms with Gasteiger partial charge in [-0.3, -0.25) is 4.79 Å². The first-order valence-electron chi connectivity index (χ1n) is 6.76. The standard InChI is InChI=1S/C15H22BrFN2O/c1-8(2)11(9(3)4)7-19-15(20)10-5-14(18)13(17)6-12(10)16/h5-6,8-9,11H,7,18H2,1-4H3,(H,19,20). The molecule has 1 amide bonds. The number of hydrogen-bond donors (Lipinski definition) is 2. The summed E-state index contributed by atoms with van der Waals surface area (Å²) in [6, 6.07) is 2.57. The number of nitrogens with two attached hydrogens (primary N) is 1. The van der Waals surface area contributed by atoms with Crippen LogP contribution in [0.2, 0.25) is 0 Å². The Morgan fingerprint density at radius 2 is 1.85 bits per heavy atom. The third-order valence-corrected chi connectivity index (χ3v) is 4.20. The van der Waals surface area contributed by atoms with E-state index in [1.807, 2.05) is 0 Å². The van der Waals surface area contributed by atoms with E-state index in [1.54, 1.807) is 0 Å². The first-order valence-corrected chi connectivity index (χ1v) is 7.56. The molecule has 0 radical (unpaired) electrons. The molecule has 20 heavy (non-hydrogen) atoms. The highest BCUT2D eigenvalue weighted by Crippen LogP contribution is 2.23. The fraction of sp³-hybridized carbons (Fsp3) is 0.533. The third kappa shape index (κ3) is 4.20. The maximum atomic E-state index is 13.3. The summed E-state index contributed by atoms with van der Waals surface area (Å²) in [5, 5.41) is 2.90. The van der Waals surface area contributed by atoms with Crippen LogP contribution >= 0.6 is 15.9 Å². The molecule has 1 aromatic rings. The number of carbonyl (C=O) groups excluding carboxylic acids is 1. The zero-order chi connectivity index (χ0) is 15.4. The minimum absolute atomic E-state index is 0.0254. The average molecular weight is 345 g/mol. The number of amides is 1. The predicted molar refractivity (Wildman–Crippen MR) is 84.0 cm³/mol. The van der Waals surface area contributed by atoms with E-state index >= 15 is 0 Å². The van der Waals surface area contributed by atoms with Crippen molar-refractivity contribution >= 4 is 27.5 Å². The van der Waals surface area contributed by atoms with E-state index in [-0.39, 0.29) is 11.6 Å². The minimum atomic E-state index is -0.532. The molecule has 1 rings (SSSR count). The van der Waals surface area contributed by atoms with Gasteiger partial charge in [0.05, 0.1) is 11.3 Å². The average Bonchev–Trinajstić information content (AvgIpc) is 2.32. The van der Waals surface area contributed by atoms with Gasteiger partial charge < -0.3 is 11.1 Å². The topological polar surface area (TPSA) is 55.1 Å². The number of halogens is 2. The lowest BCUT2D eigenvalue weighted by molar-refractivity contribution is 0.0936. The van der Waals surface area contributed by atoms with Crippen molar-refractivity contribution in [3.8, 4) is 0 Å². The smallest absolute Gasteiger partial charge is 0.252 e. The molecule has 0 bridgehead atoms. The Bertz CT molecular complexity index is 481. The Kier molecular flexibility index (Phi) is 5.99. The van der Waals surface area contributed by atoms with Crippen LogP contribution in [0.3, 0.4) is 0 Å². The van der Waals surface area contributed by atoms with Gasteiger partial charge in [-0.05, 0) is 45.8 Å². The Balaban J connectivity index is 2.79. The summed E-state index contributed by atoms with van der Waals surface area (Å²) in [6.07, 6.45) is 0. The Morgan fingerprint density at radius 3 is 2.35 bits per heavy atom. The summed E-state index contributed by atoms with van der Waals surface area (Å²) < 4.78 is 13.7. The summed E-state index contributed by atoms with van der Waals surface area (Å²) in [4.78, 5) is 12.2. The van der Waals surface area contributed by atoms with Gasteiger partial charge in [0.15, 0.2) is 0 Å². The number of hydrogen-bond acceptors (Lipinski definition) is 2. The summed E-state index contributed by atoms with van der Waals surface area (Å²) in [6.45, 7) is 9.16. The fourth-order valence-electron chi connectivity index (χ4n) is 2.29. The lowest BCUT2D eigenvalue weighted by Gasteiger charge is -2.25. The summed E-state index contributed by atoms with van der Waals surface area (Å²) in [5.41, 5.74) is 5.84. The van der Waals surface area contributed by atoms with Gasteiger partial charge in [-0.1, -0.05) is 27.7 Å². The lowest BCUT2D eigenvalue weighted by Crippen LogP contribution is -2.34. The van der Waals surface area contributed by atoms with Gasteiger partial charge in [0.25, 0.3) is 5.91 Å². The fourth-order valence-corrected chi connectivity index (χ4v) is 2.78. The highest BCUT2D eigenvalue weighted by molar-refractivity contribution is 9.10. The molecule has 3 N–H and O–H groups in total. The summed E-state index contributed by atoms with van der Waals surface area (Å²) in [7, 11) is 0. The van der Waals surface area contributed by atoms with Gasteiger partial charge in [0.2, 0.25) is 0 Å². The molecular weight excluding hydrogens is 323 g/mol. The van der Waals surface area contributed by atoms with Crippen LogP contribution in [0.1, 0.15) is 38.1 Å². The van der Waals surface area contributed by atoms with Crippen LogP contribution in [-0.4, -0.2) is 12.5 Å². The highest BCUT2D eigenvalue weighted by Gasteiger charge is 2.20. The van der Waals surface area contributed by atoms with Crippen molar-refractivity contribution in [2.24, 2.45) is 17.8 Å². The molecule has 0 aliphatic carbocycles. The van der Waals surface area contributed by atoms with Crippen LogP contribution in [-0.2, 0) is 0 Å². The molecule has 1 aromatic carbocycles. The number of rotatable bonds is 5. The van der Waals surface area contributed by atoms with E-state index in [2.05, 4.69) is 48.9 Å². The third-order valence-electron chi connectivity index (χ3n) is 3.54. The van der Waals surface area contributed by atoms with Gasteiger partial charge in [-0.15, -0.1) is 0 Å². The largest absolute Gasteiger partial charge is 0.396 e. The molecular formula is C15H22BrFN2O. The molecule has 0 aromatic heterocycles. The van der Waals surface area contributed by atoms with Crippen molar-refractivity contribution in [2.45, 2.75) is 27.7 Å². The molecule has 0 saturated heterocycles. The molecule has 0 spiro atoms. The molecule has 0 aliphatic rings. The monoisotopic (exact) mass is 344 g/mol. The Labute approximate surface area is 128 Å². The van der Waals surface area contributed by atoms with Crippen LogP contribution in [0.15, 0.2) is 16.6 Å². The SMILES string of the molecule is CC(C)C(CNC(=O)c1cc(N)c(F)cc1Br)C(C)C. The van der Waals surface area contributed by atoms with Crippen molar-refractivity contribution in [1.82, 2.24) is 5.32 Å². The van der Waals surface area contributed by atoms with Crippen LogP contribution in [0.5, 0.6) is 0 Å². The van der Waals surface area contributed by atoms with Crippen molar-refractivity contribution in [3.63, 3.8) is 0 Å². The Morgan fingerprint density at radius 1 is 1.30 bits per heavy atom. The summed E-state index contributed by atoms with van der Waals surface area (Å²) in [5.74, 6) is 0.593. The van der Waals surface area contributed by atoms with Gasteiger partial charge >= 0.3 is 0 Å². The second-order valence-electron chi connectivity index (χ2n) is 5.72. The molecule has 3 nitrogen and oxygen atoms in total. The number of nitrogen functional groups attached to an aromatic ring is 1. The van der Waals surface area contributed by atoms with Gasteiger partial charge in [-0.2, -0.15) is 0 Å². The van der Waals surface area contributed by atoms with E-state index in [4.69, 9.17) is 5.73 Å². The summed E-state index contributed by atoms with van der Waals surface area (Å²) >= 11 is 3.19. The number of carbonyl (C=O) groups is 1. The van der Waals surface area contributed by atoms with Crippen LogP contribution in [0.4, 0.5) is 10.1 Å². The molecule has 0 unspecified atom stereocenters. The first kappa shape index (κ1) is 17.0. The molecule has 0 aliphatic heterocycles. The second kappa shape index (κ2) is 7.07. The number of benzene rings is 1. The van der Waals surface area contributed by atoms with Crippen LogP contribution in [0.25, 0.3) is 0 Å². The van der Waals surface area contributed by atoms with Crippen molar-refractivity contribution in [1.29, 1.82) is 0 Å². The van der Waals surface area contributed by atoms with E-state index in [1.165, 1.54) is 12.1 Å². The Hall–Kier alpha value is -1.10. The normalized spacial score (nSPS) is 11.4. The first-order chi connectivity index (χ1) is 9.23. The number of nitrogens with one attached hydrogen (secondary N) is 1. The van der Waals surface area contributed by atoms with Crippen LogP contribution in [0, 0.1) is 23.6 Å². The maximum absolute atomic E-state index is 13.3. The van der Waals surface area contributed by atoms with E-state index in [0.29, 0.717) is 34.3 Å². The van der Waals surface area contributed by atoms with E-state index in [0.717, 1.165) is 0 Å². The maximum Gasteiger partial charge on any atom is 0.252 e. The lowest BCUT2D eigenvalue weighted by atomic mass is 9.85. The highest BCUT2D eigenvalue weighted by atomic mass is 79.9. The van der Waals surface area contributed by atoms with Crippen molar-refractivity contribution in [2.75, 3.05) is 12.3 Å². The number of anilines is 1. The van der Waals surface area contributed by atoms with Crippen molar-refractivity contribution in [3.05, 3.63) is 28.0 Å². The molecule has 0 fully saturated rings. The zero-order valence-corrected chi connectivity index (χ0v) is 13.9. The van der Waals surface area contributed by atoms with Gasteiger partial charge in [0, 0.05) is 11.0 Å². The minimum Gasteiger partial charge on any atom is -0.396 e. The molecule has 112 valence electrons. The zero-order valence-electron chi connectivity index (χ0n) is 12.3. The molecule has 0 saturated carbocycles. The predicted octanol–water partition coefficient (Wildman–Crippen LogP) is 3.83. The van der Waals surface area contributed by atoms with Gasteiger partial charge in [-0.25, -0.2) is 4.39 Å². The molecule has 0 heterocycles. The quantitative estimate of drug-likeness (QED) is 0.797. The molecule has 5 heteroatoms. The van der Waals surface area contributed by atoms with Gasteiger partial charge in [0.1, 0.15) is 5.82 Å². The second-order valence-corrected chi connectivity index (χ2v) is 6.57. The van der Waals surface area contributed by atoms with Crippen molar-refractivity contribution < 1.29 is 9.18 Å². The van der Waals surface area contributed by atoms with E-state index < -0.39 is 5.82 Å². The van der Waals surface area contributed by atoms with E-state index in [9.17, 15) is 9.18 Å². The molecule has 0 atom stereocenters. The van der Waals surface area contributed by atoms with Crippen LogP contribution < -0.4 is 11.1 Å².